The predicted molar refractivity (Wildman–Crippen MR) is 81.3 cm³/mol. The molecule has 0 spiro atoms. The van der Waals surface area contributed by atoms with Crippen LogP contribution >= 0.6 is 27.5 Å². The minimum Gasteiger partial charge on any atom is -0.488 e. The zero-order chi connectivity index (χ0) is 15.6. The maximum absolute atomic E-state index is 13.4. The van der Waals surface area contributed by atoms with Crippen molar-refractivity contribution in [1.82, 2.24) is 0 Å². The smallest absolute Gasteiger partial charge is 0.338 e. The van der Waals surface area contributed by atoms with Gasteiger partial charge in [-0.25, -0.2) is 9.18 Å². The monoisotopic (exact) mass is 373 g/mol. The molecule has 2 aromatic carbocycles. The number of hydrogen-bond acceptors (Lipinski definition) is 3. The Morgan fingerprint density at radius 2 is 2.14 bits per heavy atom. The molecule has 0 atom stereocenters. The van der Waals surface area contributed by atoms with Crippen LogP contribution < -0.4 is 10.5 Å². The summed E-state index contributed by atoms with van der Waals surface area (Å²) in [5.74, 6) is -1.55. The van der Waals surface area contributed by atoms with E-state index in [1.54, 1.807) is 12.1 Å². The first-order valence-corrected chi connectivity index (χ1v) is 6.95. The van der Waals surface area contributed by atoms with Gasteiger partial charge in [0.25, 0.3) is 0 Å². The van der Waals surface area contributed by atoms with E-state index in [-0.39, 0.29) is 28.6 Å². The SMILES string of the molecule is Nc1cccc(COc2cc(F)c(Cl)cc2Br)c1C(=O)O. The molecule has 2 aromatic rings. The molecule has 0 bridgehead atoms. The Morgan fingerprint density at radius 1 is 1.43 bits per heavy atom. The fourth-order valence-corrected chi connectivity index (χ4v) is 2.52. The maximum atomic E-state index is 13.4. The molecule has 7 heteroatoms. The fourth-order valence-electron chi connectivity index (χ4n) is 1.77. The topological polar surface area (TPSA) is 72.5 Å². The molecule has 0 fully saturated rings. The average Bonchev–Trinajstić information content (AvgIpc) is 2.41. The van der Waals surface area contributed by atoms with E-state index in [1.807, 2.05) is 0 Å². The molecular weight excluding hydrogens is 365 g/mol. The Bertz CT molecular complexity index is 709. The first-order chi connectivity index (χ1) is 9.90. The number of aromatic carboxylic acids is 1. The molecule has 0 aliphatic heterocycles. The number of nitrogen functional groups attached to an aromatic ring is 1. The number of rotatable bonds is 4. The van der Waals surface area contributed by atoms with Crippen LogP contribution in [0.25, 0.3) is 0 Å². The number of benzene rings is 2. The predicted octanol–water partition coefficient (Wildman–Crippen LogP) is 4.10. The van der Waals surface area contributed by atoms with E-state index in [0.717, 1.165) is 6.07 Å². The van der Waals surface area contributed by atoms with Gasteiger partial charge in [0, 0.05) is 17.3 Å². The van der Waals surface area contributed by atoms with E-state index < -0.39 is 11.8 Å². The lowest BCUT2D eigenvalue weighted by molar-refractivity contribution is 0.0695. The number of ether oxygens (including phenoxy) is 1. The molecule has 0 saturated carbocycles. The van der Waals surface area contributed by atoms with Crippen LogP contribution in [0.4, 0.5) is 10.1 Å². The Kier molecular flexibility index (Phi) is 4.69. The largest absolute Gasteiger partial charge is 0.488 e. The summed E-state index contributed by atoms with van der Waals surface area (Å²) in [7, 11) is 0. The van der Waals surface area contributed by atoms with E-state index >= 15 is 0 Å². The molecule has 4 nitrogen and oxygen atoms in total. The van der Waals surface area contributed by atoms with Gasteiger partial charge in [-0.05, 0) is 28.1 Å². The summed E-state index contributed by atoms with van der Waals surface area (Å²) in [6, 6.07) is 7.19. The van der Waals surface area contributed by atoms with Crippen LogP contribution in [0.5, 0.6) is 5.75 Å². The standard InChI is InChI=1S/C14H10BrClFNO3/c15-8-4-9(16)10(17)5-12(8)21-6-7-2-1-3-11(18)13(7)14(19)20/h1-5H,6,18H2,(H,19,20). The normalized spacial score (nSPS) is 10.4. The lowest BCUT2D eigenvalue weighted by Crippen LogP contribution is -2.09. The van der Waals surface area contributed by atoms with E-state index in [4.69, 9.17) is 27.2 Å². The average molecular weight is 375 g/mol. The summed E-state index contributed by atoms with van der Waals surface area (Å²) in [5.41, 5.74) is 6.15. The van der Waals surface area contributed by atoms with Crippen molar-refractivity contribution in [2.45, 2.75) is 6.61 Å². The first kappa shape index (κ1) is 15.6. The summed E-state index contributed by atoms with van der Waals surface area (Å²) in [6.45, 7) is -0.0631. The van der Waals surface area contributed by atoms with E-state index in [1.165, 1.54) is 12.1 Å². The minimum absolute atomic E-state index is 0.0249. The molecule has 0 radical (unpaired) electrons. The van der Waals surface area contributed by atoms with Crippen LogP contribution in [0.15, 0.2) is 34.8 Å². The molecule has 0 unspecified atom stereocenters. The van der Waals surface area contributed by atoms with E-state index in [9.17, 15) is 9.18 Å². The quantitative estimate of drug-likeness (QED) is 0.624. The maximum Gasteiger partial charge on any atom is 0.338 e. The van der Waals surface area contributed by atoms with E-state index in [0.29, 0.717) is 10.0 Å². The number of carbonyl (C=O) groups is 1. The van der Waals surface area contributed by atoms with Crippen LogP contribution in [-0.2, 0) is 6.61 Å². The molecule has 2 rings (SSSR count). The van der Waals surface area contributed by atoms with Gasteiger partial charge in [-0.15, -0.1) is 0 Å². The van der Waals surface area contributed by atoms with Crippen LogP contribution in [0.1, 0.15) is 15.9 Å². The van der Waals surface area contributed by atoms with Crippen LogP contribution in [0.2, 0.25) is 5.02 Å². The second-order valence-corrected chi connectivity index (χ2v) is 5.43. The Morgan fingerprint density at radius 3 is 2.81 bits per heavy atom. The summed E-state index contributed by atoms with van der Waals surface area (Å²) >= 11 is 8.84. The third-order valence-electron chi connectivity index (χ3n) is 2.75. The van der Waals surface area contributed by atoms with Gasteiger partial charge in [-0.1, -0.05) is 23.7 Å². The Balaban J connectivity index is 2.27. The Hall–Kier alpha value is -1.79. The molecular formula is C14H10BrClFNO3. The molecule has 3 N–H and O–H groups in total. The summed E-state index contributed by atoms with van der Waals surface area (Å²) < 4.78 is 19.3. The summed E-state index contributed by atoms with van der Waals surface area (Å²) in [6.07, 6.45) is 0. The number of anilines is 1. The summed E-state index contributed by atoms with van der Waals surface area (Å²) in [4.78, 5) is 11.2. The number of nitrogens with two attached hydrogens (primary N) is 1. The lowest BCUT2D eigenvalue weighted by atomic mass is 10.1. The highest BCUT2D eigenvalue weighted by Gasteiger charge is 2.15. The highest BCUT2D eigenvalue weighted by molar-refractivity contribution is 9.10. The van der Waals surface area contributed by atoms with Crippen molar-refractivity contribution in [3.05, 3.63) is 56.8 Å². The Labute approximate surface area is 133 Å². The highest BCUT2D eigenvalue weighted by Crippen LogP contribution is 2.31. The van der Waals surface area contributed by atoms with Gasteiger partial charge in [0.2, 0.25) is 0 Å². The number of hydrogen-bond donors (Lipinski definition) is 2. The second-order valence-electron chi connectivity index (χ2n) is 4.17. The minimum atomic E-state index is -1.15. The third-order valence-corrected chi connectivity index (χ3v) is 3.66. The van der Waals surface area contributed by atoms with Crippen molar-refractivity contribution in [2.75, 3.05) is 5.73 Å². The van der Waals surface area contributed by atoms with Gasteiger partial charge in [0.1, 0.15) is 18.2 Å². The van der Waals surface area contributed by atoms with Gasteiger partial charge in [0.05, 0.1) is 15.1 Å². The molecule has 0 amide bonds. The van der Waals surface area contributed by atoms with Gasteiger partial charge in [0.15, 0.2) is 0 Å². The molecule has 0 aromatic heterocycles. The van der Waals surface area contributed by atoms with Crippen molar-refractivity contribution >= 4 is 39.2 Å². The second kappa shape index (κ2) is 6.32. The third kappa shape index (κ3) is 3.46. The lowest BCUT2D eigenvalue weighted by Gasteiger charge is -2.12. The molecule has 0 aliphatic rings. The zero-order valence-electron chi connectivity index (χ0n) is 10.6. The van der Waals surface area contributed by atoms with Crippen LogP contribution in [0, 0.1) is 5.82 Å². The van der Waals surface area contributed by atoms with Crippen molar-refractivity contribution < 1.29 is 19.0 Å². The molecule has 21 heavy (non-hydrogen) atoms. The van der Waals surface area contributed by atoms with Crippen molar-refractivity contribution in [1.29, 1.82) is 0 Å². The fraction of sp³-hybridized carbons (Fsp3) is 0.0714. The van der Waals surface area contributed by atoms with Gasteiger partial charge in [-0.2, -0.15) is 0 Å². The molecule has 0 saturated heterocycles. The number of carboxylic acid groups (broad SMARTS) is 1. The highest BCUT2D eigenvalue weighted by atomic mass is 79.9. The molecule has 0 aliphatic carbocycles. The summed E-state index contributed by atoms with van der Waals surface area (Å²) in [5, 5.41) is 9.12. The van der Waals surface area contributed by atoms with Crippen LogP contribution in [-0.4, -0.2) is 11.1 Å². The molecule has 0 heterocycles. The van der Waals surface area contributed by atoms with Crippen LogP contribution in [0.3, 0.4) is 0 Å². The van der Waals surface area contributed by atoms with E-state index in [2.05, 4.69) is 15.9 Å². The van der Waals surface area contributed by atoms with Crippen molar-refractivity contribution in [3.63, 3.8) is 0 Å². The molecule has 110 valence electrons. The van der Waals surface area contributed by atoms with Gasteiger partial charge in [-0.3, -0.25) is 0 Å². The first-order valence-electron chi connectivity index (χ1n) is 5.78. The zero-order valence-corrected chi connectivity index (χ0v) is 12.9. The van der Waals surface area contributed by atoms with Crippen molar-refractivity contribution in [2.24, 2.45) is 0 Å². The van der Waals surface area contributed by atoms with Crippen molar-refractivity contribution in [3.8, 4) is 5.75 Å². The van der Waals surface area contributed by atoms with Gasteiger partial charge < -0.3 is 15.6 Å². The van der Waals surface area contributed by atoms with Gasteiger partial charge >= 0.3 is 5.97 Å². The number of carboxylic acids is 1. The number of halogens is 3.